The molecule has 2 aliphatic rings. The van der Waals surface area contributed by atoms with Crippen LogP contribution in [0.2, 0.25) is 0 Å². The molecule has 0 fully saturated rings. The average molecular weight is 1290 g/mol. The number of para-hydroxylation sites is 4. The first kappa shape index (κ1) is 46.7. The highest BCUT2D eigenvalue weighted by Crippen LogP contribution is 2.51. The molecule has 14 aromatic carbocycles. The van der Waals surface area contributed by atoms with Crippen LogP contribution in [0, 0.1) is 11.3 Å². The van der Waals surface area contributed by atoms with Crippen LogP contribution >= 0.6 is 0 Å². The molecule has 0 amide bonds. The summed E-state index contributed by atoms with van der Waals surface area (Å²) in [6, 6.07) is 74.6. The second-order valence-electron chi connectivity index (χ2n) is 28.3. The van der Waals surface area contributed by atoms with Gasteiger partial charge in [-0.25, -0.2) is 0 Å². The van der Waals surface area contributed by atoms with Crippen molar-refractivity contribution in [3.63, 3.8) is 0 Å². The van der Waals surface area contributed by atoms with E-state index >= 15 is 0 Å². The van der Waals surface area contributed by atoms with Crippen molar-refractivity contribution in [3.8, 4) is 56.5 Å². The third-order valence-corrected chi connectivity index (χ3v) is 20.5. The molecule has 5 heterocycles. The molecule has 0 aliphatic carbocycles. The fourth-order valence-corrected chi connectivity index (χ4v) is 15.8. The van der Waals surface area contributed by atoms with Crippen LogP contribution in [-0.2, 0) is 10.8 Å². The standard InChI is InChI=1S/C93H69BN6/c1-92(2,3)65-42-47-85-74(53-65)75-54-66(93(4,5)6)43-48-86(75)97(85)69-56-89-91-90(57-69)100(84-40-24-39-83(76(84)58-95)99-81-37-22-18-33-72(81)73-34-19-23-38-82(73)99)88-55-67(96-79-35-20-16-31-70(79)71-32-17-21-36-80(71)96)44-46-78(88)94(91)77-45-41-62(59-25-10-7-11-26-59)52-87(77)98(89)68-50-63(60-27-12-8-13-28-60)49-64(51-68)61-29-14-9-15-30-61/h7-57H,1-6H3/i7D,10D,11D,16D,17D,20D,21D,25D,26D,31D,32D,35D,36D. The predicted molar refractivity (Wildman–Crippen MR) is 422 cm³/mol. The lowest BCUT2D eigenvalue weighted by Crippen LogP contribution is -2.61. The van der Waals surface area contributed by atoms with Crippen molar-refractivity contribution in [2.45, 2.75) is 52.4 Å². The van der Waals surface area contributed by atoms with Gasteiger partial charge in [-0.3, -0.25) is 0 Å². The first-order valence-corrected chi connectivity index (χ1v) is 33.8. The molecule has 0 saturated carbocycles. The second kappa shape index (κ2) is 22.3. The van der Waals surface area contributed by atoms with E-state index in [1.54, 1.807) is 0 Å². The van der Waals surface area contributed by atoms with Gasteiger partial charge in [-0.1, -0.05) is 241 Å². The normalized spacial score (nSPS) is 14.7. The molecule has 6 nitrogen and oxygen atoms in total. The average Bonchev–Trinajstić information content (AvgIpc) is 1.33. The lowest BCUT2D eigenvalue weighted by molar-refractivity contribution is 0.590. The van der Waals surface area contributed by atoms with Gasteiger partial charge in [0.1, 0.15) is 11.6 Å². The molecule has 0 bridgehead atoms. The molecule has 19 rings (SSSR count). The highest BCUT2D eigenvalue weighted by atomic mass is 15.2. The van der Waals surface area contributed by atoms with E-state index in [1.807, 2.05) is 115 Å². The highest BCUT2D eigenvalue weighted by molar-refractivity contribution is 7.00. The van der Waals surface area contributed by atoms with Crippen molar-refractivity contribution < 1.29 is 17.8 Å². The fourth-order valence-electron chi connectivity index (χ4n) is 15.8. The van der Waals surface area contributed by atoms with Gasteiger partial charge in [0.15, 0.2) is 0 Å². The van der Waals surface area contributed by atoms with E-state index in [0.717, 1.165) is 87.9 Å². The van der Waals surface area contributed by atoms with E-state index in [9.17, 15) is 16.2 Å². The third-order valence-electron chi connectivity index (χ3n) is 20.5. The Bertz CT molecular complexity index is 6820. The van der Waals surface area contributed by atoms with E-state index in [0.29, 0.717) is 56.5 Å². The molecular formula is C93H69BN6. The van der Waals surface area contributed by atoms with Crippen LogP contribution in [0.15, 0.2) is 309 Å². The first-order valence-electron chi connectivity index (χ1n) is 40.3. The minimum absolute atomic E-state index is 0.00526. The Labute approximate surface area is 601 Å². The van der Waals surface area contributed by atoms with Crippen molar-refractivity contribution in [2.75, 3.05) is 9.80 Å². The van der Waals surface area contributed by atoms with Crippen molar-refractivity contribution >= 4 is 123 Å². The van der Waals surface area contributed by atoms with E-state index in [4.69, 9.17) is 6.85 Å². The van der Waals surface area contributed by atoms with Crippen LogP contribution in [0.3, 0.4) is 0 Å². The summed E-state index contributed by atoms with van der Waals surface area (Å²) in [7, 11) is 0. The monoisotopic (exact) mass is 1290 g/mol. The van der Waals surface area contributed by atoms with Crippen LogP contribution in [0.4, 0.5) is 34.1 Å². The van der Waals surface area contributed by atoms with Crippen LogP contribution in [0.1, 0.15) is 76.1 Å². The van der Waals surface area contributed by atoms with Gasteiger partial charge in [0.25, 0.3) is 6.71 Å². The molecule has 3 aromatic heterocycles. The van der Waals surface area contributed by atoms with E-state index < -0.39 is 73.2 Å². The summed E-state index contributed by atoms with van der Waals surface area (Å²) >= 11 is 0. The van der Waals surface area contributed by atoms with E-state index in [-0.39, 0.29) is 61.5 Å². The van der Waals surface area contributed by atoms with Gasteiger partial charge in [0.05, 0.1) is 68.0 Å². The lowest BCUT2D eigenvalue weighted by Gasteiger charge is -2.45. The maximum absolute atomic E-state index is 12.5. The number of rotatable bonds is 8. The van der Waals surface area contributed by atoms with Gasteiger partial charge < -0.3 is 23.5 Å². The van der Waals surface area contributed by atoms with E-state index in [1.165, 1.54) is 4.57 Å². The lowest BCUT2D eigenvalue weighted by atomic mass is 9.33. The first-order chi connectivity index (χ1) is 54.2. The fraction of sp³-hybridized carbons (Fsp3) is 0.0860. The number of anilines is 6. The number of nitrogens with zero attached hydrogens (tertiary/aromatic N) is 6. The zero-order valence-electron chi connectivity index (χ0n) is 68.7. The summed E-state index contributed by atoms with van der Waals surface area (Å²) in [5.41, 5.74) is 16.8. The van der Waals surface area contributed by atoms with Crippen LogP contribution < -0.4 is 26.2 Å². The second-order valence-corrected chi connectivity index (χ2v) is 28.3. The Morgan fingerprint density at radius 2 is 0.800 bits per heavy atom. The zero-order chi connectivity index (χ0) is 78.6. The Hall–Kier alpha value is -12.4. The summed E-state index contributed by atoms with van der Waals surface area (Å²) in [6.07, 6.45) is 0. The summed E-state index contributed by atoms with van der Waals surface area (Å²) in [6.45, 7) is 12.5. The highest BCUT2D eigenvalue weighted by Gasteiger charge is 2.45. The minimum Gasteiger partial charge on any atom is -0.311 e. The zero-order valence-corrected chi connectivity index (χ0v) is 55.7. The summed E-state index contributed by atoms with van der Waals surface area (Å²) in [5.74, 6) is 0. The van der Waals surface area contributed by atoms with Gasteiger partial charge in [-0.2, -0.15) is 5.26 Å². The molecule has 17 aromatic rings. The van der Waals surface area contributed by atoms with Crippen LogP contribution in [0.5, 0.6) is 0 Å². The molecule has 0 spiro atoms. The summed E-state index contributed by atoms with van der Waals surface area (Å²) in [5, 5.41) is 16.4. The molecule has 0 saturated heterocycles. The Balaban J connectivity index is 1.02. The molecule has 2 aliphatic heterocycles. The number of aromatic nitrogens is 3. The smallest absolute Gasteiger partial charge is 0.252 e. The molecule has 7 heteroatoms. The van der Waals surface area contributed by atoms with Crippen molar-refractivity contribution in [3.05, 3.63) is 326 Å². The quantitative estimate of drug-likeness (QED) is 0.142. The molecule has 0 radical (unpaired) electrons. The number of hydrogen-bond acceptors (Lipinski definition) is 3. The van der Waals surface area contributed by atoms with Gasteiger partial charge >= 0.3 is 0 Å². The van der Waals surface area contributed by atoms with Crippen LogP contribution in [-0.4, -0.2) is 20.4 Å². The summed E-state index contributed by atoms with van der Waals surface area (Å²) < 4.78 is 127. The molecule has 0 N–H and O–H groups in total. The van der Waals surface area contributed by atoms with Gasteiger partial charge in [-0.15, -0.1) is 0 Å². The number of fused-ring (bicyclic) bond motifs is 13. The van der Waals surface area contributed by atoms with Crippen molar-refractivity contribution in [2.24, 2.45) is 0 Å². The maximum atomic E-state index is 12.5. The number of nitriles is 1. The molecule has 0 atom stereocenters. The number of benzene rings is 14. The molecule has 474 valence electrons. The van der Waals surface area contributed by atoms with Gasteiger partial charge in [-0.05, 0) is 181 Å². The third kappa shape index (κ3) is 9.10. The minimum atomic E-state index is -0.763. The predicted octanol–water partition coefficient (Wildman–Crippen LogP) is 22.5. The summed E-state index contributed by atoms with van der Waals surface area (Å²) in [4.78, 5) is 4.36. The van der Waals surface area contributed by atoms with Gasteiger partial charge in [0, 0.05) is 66.4 Å². The van der Waals surface area contributed by atoms with Crippen LogP contribution in [0.25, 0.3) is 116 Å². The van der Waals surface area contributed by atoms with Gasteiger partial charge in [0.2, 0.25) is 0 Å². The molecular weight excluding hydrogens is 1210 g/mol. The van der Waals surface area contributed by atoms with Crippen molar-refractivity contribution in [1.82, 2.24) is 13.7 Å². The molecule has 100 heavy (non-hydrogen) atoms. The van der Waals surface area contributed by atoms with E-state index in [2.05, 4.69) is 182 Å². The Morgan fingerprint density at radius 1 is 0.310 bits per heavy atom. The molecule has 0 unspecified atom stereocenters. The Kier molecular flexibility index (Phi) is 10.4. The maximum Gasteiger partial charge on any atom is 0.252 e. The SMILES string of the molecule is [2H]c1c([2H])c([2H])c(-c2ccc3c(c2)N(c2cc(-c4ccccc4)cc(-c4ccccc4)c2)c2cc(-n4c5ccc(C(C)(C)C)cc5c5cc(C(C)(C)C)ccc54)cc4c2B3c2ccc(-n3c5c([2H])c([2H])c([2H])c([2H])c5c5c([2H])c([2H])c([2H])c([2H])c53)cc2N4c2cccc(-n3c4ccccc4c4ccccc43)c2C#N)c([2H])c1[2H]. The largest absolute Gasteiger partial charge is 0.311 e. The Morgan fingerprint density at radius 3 is 1.38 bits per heavy atom. The number of hydrogen-bond donors (Lipinski definition) is 0. The van der Waals surface area contributed by atoms with Crippen molar-refractivity contribution in [1.29, 1.82) is 5.26 Å². The topological polar surface area (TPSA) is 45.1 Å².